The number of H-pyrrole nitrogens is 2. The number of methoxy groups -OCH3 is 3. The summed E-state index contributed by atoms with van der Waals surface area (Å²) in [6, 6.07) is 9.13. The molecule has 2 N–H and O–H groups in total. The first-order valence-electron chi connectivity index (χ1n) is 11.4. The smallest absolute Gasteiger partial charge is 0.350 e. The van der Waals surface area contributed by atoms with Crippen LogP contribution in [0.3, 0.4) is 0 Å². The molecule has 3 heterocycles. The van der Waals surface area contributed by atoms with Crippen molar-refractivity contribution >= 4 is 28.2 Å². The van der Waals surface area contributed by atoms with Gasteiger partial charge in [-0.05, 0) is 55.8 Å². The van der Waals surface area contributed by atoms with Gasteiger partial charge in [-0.15, -0.1) is 4.68 Å². The zero-order valence-corrected chi connectivity index (χ0v) is 19.9. The zero-order chi connectivity index (χ0) is 24.5. The Morgan fingerprint density at radius 3 is 2.34 bits per heavy atom. The van der Waals surface area contributed by atoms with Crippen molar-refractivity contribution in [2.24, 2.45) is 5.10 Å². The molecule has 4 aromatic rings. The Morgan fingerprint density at radius 2 is 1.63 bits per heavy atom. The van der Waals surface area contributed by atoms with E-state index < -0.39 is 11.2 Å². The third kappa shape index (κ3) is 4.17. The molecule has 0 saturated carbocycles. The van der Waals surface area contributed by atoms with Crippen LogP contribution in [0.4, 0.5) is 0 Å². The molecule has 0 atom stereocenters. The summed E-state index contributed by atoms with van der Waals surface area (Å²) in [7, 11) is 4.71. The first-order valence-corrected chi connectivity index (χ1v) is 11.4. The summed E-state index contributed by atoms with van der Waals surface area (Å²) in [5.74, 6) is 1.80. The summed E-state index contributed by atoms with van der Waals surface area (Å²) < 4.78 is 17.0. The van der Waals surface area contributed by atoms with E-state index in [0.717, 1.165) is 41.2 Å². The van der Waals surface area contributed by atoms with E-state index in [4.69, 9.17) is 14.2 Å². The number of aromatic amines is 2. The van der Waals surface area contributed by atoms with E-state index in [9.17, 15) is 9.59 Å². The summed E-state index contributed by atoms with van der Waals surface area (Å²) in [5.41, 5.74) is 1.86. The number of fused-ring (bicyclic) bond motifs is 3. The minimum atomic E-state index is -0.639. The molecule has 2 aromatic carbocycles. The van der Waals surface area contributed by atoms with Crippen LogP contribution in [0.25, 0.3) is 21.9 Å². The van der Waals surface area contributed by atoms with Gasteiger partial charge in [-0.25, -0.2) is 4.79 Å². The van der Waals surface area contributed by atoms with Gasteiger partial charge in [0, 0.05) is 23.6 Å². The minimum absolute atomic E-state index is 0.233. The number of hydrogen-bond acceptors (Lipinski definition) is 7. The highest BCUT2D eigenvalue weighted by atomic mass is 16.5. The quantitative estimate of drug-likeness (QED) is 0.396. The van der Waals surface area contributed by atoms with Crippen molar-refractivity contribution in [3.63, 3.8) is 0 Å². The Hall–Kier alpha value is -4.05. The van der Waals surface area contributed by atoms with Crippen LogP contribution in [0, 0.1) is 0 Å². The Kier molecular flexibility index (Phi) is 6.04. The molecule has 1 aliphatic rings. The molecule has 0 unspecified atom stereocenters. The fourth-order valence-corrected chi connectivity index (χ4v) is 4.58. The van der Waals surface area contributed by atoms with E-state index in [1.807, 2.05) is 18.2 Å². The lowest BCUT2D eigenvalue weighted by atomic mass is 10.1. The Balaban J connectivity index is 1.53. The molecule has 0 aliphatic carbocycles. The number of ether oxygens (including phenoxy) is 3. The standard InChI is InChI=1S/C25H27N5O5/c1-33-19-7-6-15(10-16(19)14-29-8-4-5-9-29)13-26-30-24(31)23-22(28-25(30)32)17-11-20(34-2)21(35-3)12-18(17)27-23/h6-7,10-13,27H,4-5,8-9,14H2,1-3H3,(H,28,32)/b26-13-. The number of nitrogens with one attached hydrogen (secondary N) is 2. The minimum Gasteiger partial charge on any atom is -0.496 e. The van der Waals surface area contributed by atoms with Crippen molar-refractivity contribution in [1.29, 1.82) is 0 Å². The number of hydrogen-bond donors (Lipinski definition) is 2. The van der Waals surface area contributed by atoms with Gasteiger partial charge in [0.1, 0.15) is 11.3 Å². The summed E-state index contributed by atoms with van der Waals surface area (Å²) in [4.78, 5) is 34.2. The number of likely N-dealkylation sites (tertiary alicyclic amines) is 1. The fourth-order valence-electron chi connectivity index (χ4n) is 4.58. The van der Waals surface area contributed by atoms with Crippen molar-refractivity contribution in [1.82, 2.24) is 19.5 Å². The topological polar surface area (TPSA) is 114 Å². The molecule has 0 spiro atoms. The number of benzene rings is 2. The van der Waals surface area contributed by atoms with Gasteiger partial charge in [-0.3, -0.25) is 9.69 Å². The van der Waals surface area contributed by atoms with Crippen molar-refractivity contribution in [2.75, 3.05) is 34.4 Å². The number of nitrogens with zero attached hydrogens (tertiary/aromatic N) is 3. The van der Waals surface area contributed by atoms with Gasteiger partial charge >= 0.3 is 11.2 Å². The first kappa shape index (κ1) is 22.7. The highest BCUT2D eigenvalue weighted by Crippen LogP contribution is 2.34. The molecule has 10 nitrogen and oxygen atoms in total. The average Bonchev–Trinajstić information content (AvgIpc) is 3.51. The predicted octanol–water partition coefficient (Wildman–Crippen LogP) is 2.67. The second-order valence-electron chi connectivity index (χ2n) is 8.47. The molecule has 10 heteroatoms. The molecule has 1 saturated heterocycles. The van der Waals surface area contributed by atoms with Crippen molar-refractivity contribution in [3.8, 4) is 17.2 Å². The third-order valence-electron chi connectivity index (χ3n) is 6.35. The summed E-state index contributed by atoms with van der Waals surface area (Å²) >= 11 is 0. The maximum absolute atomic E-state index is 13.2. The monoisotopic (exact) mass is 477 g/mol. The Labute approximate surface area is 200 Å². The van der Waals surface area contributed by atoms with Crippen LogP contribution in [0.2, 0.25) is 0 Å². The molecule has 0 amide bonds. The molecule has 1 aliphatic heterocycles. The van der Waals surface area contributed by atoms with E-state index in [2.05, 4.69) is 20.0 Å². The predicted molar refractivity (Wildman–Crippen MR) is 134 cm³/mol. The van der Waals surface area contributed by atoms with Crippen LogP contribution in [-0.4, -0.2) is 60.2 Å². The summed E-state index contributed by atoms with van der Waals surface area (Å²) in [5, 5.41) is 4.85. The molecule has 0 radical (unpaired) electrons. The molecule has 2 aromatic heterocycles. The van der Waals surface area contributed by atoms with Gasteiger partial charge in [-0.2, -0.15) is 5.10 Å². The van der Waals surface area contributed by atoms with Gasteiger partial charge < -0.3 is 24.2 Å². The molecular weight excluding hydrogens is 450 g/mol. The SMILES string of the molecule is COc1ccc(/C=N\n2c(=O)[nH]c3c([nH]c4cc(OC)c(OC)cc43)c2=O)cc1CN1CCCC1. The molecule has 5 rings (SSSR count). The Morgan fingerprint density at radius 1 is 0.914 bits per heavy atom. The second-order valence-corrected chi connectivity index (χ2v) is 8.47. The van der Waals surface area contributed by atoms with Crippen molar-refractivity contribution in [2.45, 2.75) is 19.4 Å². The van der Waals surface area contributed by atoms with Crippen LogP contribution in [-0.2, 0) is 6.54 Å². The zero-order valence-electron chi connectivity index (χ0n) is 19.9. The lowest BCUT2D eigenvalue weighted by Crippen LogP contribution is -2.32. The molecule has 35 heavy (non-hydrogen) atoms. The van der Waals surface area contributed by atoms with Crippen LogP contribution >= 0.6 is 0 Å². The van der Waals surface area contributed by atoms with Crippen LogP contribution < -0.4 is 25.5 Å². The normalized spacial score (nSPS) is 14.4. The maximum Gasteiger partial charge on any atom is 0.350 e. The summed E-state index contributed by atoms with van der Waals surface area (Å²) in [6.45, 7) is 2.91. The van der Waals surface area contributed by atoms with Crippen LogP contribution in [0.1, 0.15) is 24.0 Å². The highest BCUT2D eigenvalue weighted by Gasteiger charge is 2.17. The number of aromatic nitrogens is 3. The van der Waals surface area contributed by atoms with Crippen molar-refractivity contribution < 1.29 is 14.2 Å². The largest absolute Gasteiger partial charge is 0.496 e. The molecule has 1 fully saturated rings. The molecular formula is C25H27N5O5. The van der Waals surface area contributed by atoms with Gasteiger partial charge in [0.2, 0.25) is 0 Å². The van der Waals surface area contributed by atoms with E-state index in [-0.39, 0.29) is 5.52 Å². The molecule has 182 valence electrons. The fraction of sp³-hybridized carbons (Fsp3) is 0.320. The van der Waals surface area contributed by atoms with E-state index in [1.54, 1.807) is 19.2 Å². The molecule has 0 bridgehead atoms. The van der Waals surface area contributed by atoms with Gasteiger partial charge in [0.15, 0.2) is 11.5 Å². The second kappa shape index (κ2) is 9.30. The van der Waals surface area contributed by atoms with Gasteiger partial charge in [0.05, 0.1) is 38.6 Å². The van der Waals surface area contributed by atoms with Gasteiger partial charge in [-0.1, -0.05) is 0 Å². The van der Waals surface area contributed by atoms with E-state index >= 15 is 0 Å². The summed E-state index contributed by atoms with van der Waals surface area (Å²) in [6.07, 6.45) is 3.90. The Bertz CT molecular complexity index is 1540. The third-order valence-corrected chi connectivity index (χ3v) is 6.35. The van der Waals surface area contributed by atoms with Crippen LogP contribution in [0.15, 0.2) is 45.0 Å². The van der Waals surface area contributed by atoms with Crippen LogP contribution in [0.5, 0.6) is 17.2 Å². The first-order chi connectivity index (χ1) is 17.0. The van der Waals surface area contributed by atoms with E-state index in [0.29, 0.717) is 27.9 Å². The lowest BCUT2D eigenvalue weighted by molar-refractivity contribution is 0.321. The lowest BCUT2D eigenvalue weighted by Gasteiger charge is -2.17. The average molecular weight is 478 g/mol. The maximum atomic E-state index is 13.2. The van der Waals surface area contributed by atoms with Crippen molar-refractivity contribution in [3.05, 3.63) is 62.3 Å². The number of rotatable bonds is 7. The van der Waals surface area contributed by atoms with E-state index in [1.165, 1.54) is 33.3 Å². The highest BCUT2D eigenvalue weighted by molar-refractivity contribution is 6.05. The van der Waals surface area contributed by atoms with Gasteiger partial charge in [0.25, 0.3) is 0 Å².